The normalized spacial score (nSPS) is 10.2. The van der Waals surface area contributed by atoms with Crippen LogP contribution in [0.2, 0.25) is 0 Å². The number of nitrogens with zero attached hydrogens (tertiary/aromatic N) is 4. The Kier molecular flexibility index (Phi) is 7.56. The minimum absolute atomic E-state index is 0.257. The van der Waals surface area contributed by atoms with Crippen LogP contribution in [0.3, 0.4) is 0 Å². The van der Waals surface area contributed by atoms with Crippen LogP contribution in [0.15, 0.2) is 55.0 Å². The molecule has 4 rings (SSSR count). The zero-order valence-corrected chi connectivity index (χ0v) is 19.1. The van der Waals surface area contributed by atoms with Gasteiger partial charge in [-0.3, -0.25) is 9.59 Å². The predicted molar refractivity (Wildman–Crippen MR) is 127 cm³/mol. The van der Waals surface area contributed by atoms with Crippen molar-refractivity contribution >= 4 is 39.5 Å². The Hall–Kier alpha value is -4.29. The van der Waals surface area contributed by atoms with Gasteiger partial charge in [0.05, 0.1) is 17.3 Å². The van der Waals surface area contributed by atoms with Crippen LogP contribution in [0.5, 0.6) is 0 Å². The average molecular weight is 479 g/mol. The number of aryl methyl sites for hydroxylation is 2. The van der Waals surface area contributed by atoms with Crippen LogP contribution in [-0.2, 0) is 13.6 Å². The highest BCUT2D eigenvalue weighted by molar-refractivity contribution is 6.67. The van der Waals surface area contributed by atoms with E-state index in [1.54, 1.807) is 49.0 Å². The Morgan fingerprint density at radius 1 is 1.21 bits per heavy atom. The maximum Gasteiger partial charge on any atom is 0.272 e. The Morgan fingerprint density at radius 3 is 2.53 bits per heavy atom. The van der Waals surface area contributed by atoms with Crippen LogP contribution >= 0.6 is 11.6 Å². The molecule has 0 spiro atoms. The summed E-state index contributed by atoms with van der Waals surface area (Å²) in [6.07, 6.45) is 3.01. The van der Waals surface area contributed by atoms with Crippen LogP contribution in [0.25, 0.3) is 11.0 Å². The molecular formula is C24H20ClFN6O2. The summed E-state index contributed by atoms with van der Waals surface area (Å²) in [5.41, 5.74) is 10.0. The molecule has 2 aromatic carbocycles. The van der Waals surface area contributed by atoms with E-state index in [0.717, 1.165) is 5.56 Å². The molecular weight excluding hydrogens is 459 g/mol. The average Bonchev–Trinajstić information content (AvgIpc) is 3.13. The number of aromatic nitrogens is 3. The molecule has 0 aliphatic carbocycles. The van der Waals surface area contributed by atoms with E-state index in [1.807, 2.05) is 6.07 Å². The summed E-state index contributed by atoms with van der Waals surface area (Å²) < 4.78 is 15.0. The number of benzene rings is 2. The van der Waals surface area contributed by atoms with Gasteiger partial charge in [0.2, 0.25) is 0 Å². The molecule has 0 bridgehead atoms. The van der Waals surface area contributed by atoms with E-state index in [4.69, 9.17) is 22.6 Å². The Balaban J connectivity index is 0.000000248. The number of carbonyl (C=O) groups is 2. The fourth-order valence-electron chi connectivity index (χ4n) is 3.18. The number of nitrogens with one attached hydrogen (secondary N) is 1. The summed E-state index contributed by atoms with van der Waals surface area (Å²) in [6, 6.07) is 12.8. The first kappa shape index (κ1) is 24.4. The lowest BCUT2D eigenvalue weighted by Gasteiger charge is -2.08. The van der Waals surface area contributed by atoms with Crippen LogP contribution in [0.4, 0.5) is 10.1 Å². The van der Waals surface area contributed by atoms with Gasteiger partial charge < -0.3 is 15.6 Å². The molecule has 34 heavy (non-hydrogen) atoms. The number of hydrogen-bond donors (Lipinski definition) is 2. The summed E-state index contributed by atoms with van der Waals surface area (Å²) >= 11 is 5.18. The van der Waals surface area contributed by atoms with Crippen molar-refractivity contribution in [3.63, 3.8) is 0 Å². The lowest BCUT2D eigenvalue weighted by atomic mass is 10.1. The van der Waals surface area contributed by atoms with E-state index in [0.29, 0.717) is 33.4 Å². The third-order valence-corrected chi connectivity index (χ3v) is 5.13. The van der Waals surface area contributed by atoms with Crippen molar-refractivity contribution < 1.29 is 14.0 Å². The molecule has 0 radical (unpaired) electrons. The summed E-state index contributed by atoms with van der Waals surface area (Å²) in [6.45, 7) is 1.96. The van der Waals surface area contributed by atoms with Crippen molar-refractivity contribution in [1.29, 1.82) is 5.26 Å². The lowest BCUT2D eigenvalue weighted by Crippen LogP contribution is -2.24. The second kappa shape index (κ2) is 10.6. The third-order valence-electron chi connectivity index (χ3n) is 4.91. The van der Waals surface area contributed by atoms with Crippen molar-refractivity contribution in [3.05, 3.63) is 88.8 Å². The Labute approximate surface area is 199 Å². The maximum atomic E-state index is 13.3. The van der Waals surface area contributed by atoms with E-state index >= 15 is 0 Å². The fourth-order valence-corrected chi connectivity index (χ4v) is 3.31. The molecule has 3 N–H and O–H groups in total. The van der Waals surface area contributed by atoms with E-state index in [2.05, 4.69) is 15.3 Å². The molecule has 0 unspecified atom stereocenters. The molecule has 0 atom stereocenters. The largest absolute Gasteiger partial charge is 0.396 e. The van der Waals surface area contributed by atoms with E-state index in [1.165, 1.54) is 24.5 Å². The molecule has 172 valence electrons. The highest BCUT2D eigenvalue weighted by Gasteiger charge is 2.17. The van der Waals surface area contributed by atoms with Gasteiger partial charge in [-0.1, -0.05) is 12.1 Å². The SMILES string of the molecule is Cc1cc(CNC(=O)c2ncnc3c(N)cn(C)c23)ccc1F.N#Cc1ccc(C(=O)Cl)cc1. The number of carbonyl (C=O) groups excluding carboxylic acids is 2. The topological polar surface area (TPSA) is 127 Å². The predicted octanol–water partition coefficient (Wildman–Crippen LogP) is 3.87. The highest BCUT2D eigenvalue weighted by atomic mass is 35.5. The molecule has 0 saturated carbocycles. The lowest BCUT2D eigenvalue weighted by molar-refractivity contribution is 0.0946. The number of fused-ring (bicyclic) bond motifs is 1. The molecule has 10 heteroatoms. The molecule has 2 heterocycles. The molecule has 1 amide bonds. The number of nitrogen functional groups attached to an aromatic ring is 1. The van der Waals surface area contributed by atoms with E-state index < -0.39 is 5.24 Å². The van der Waals surface area contributed by atoms with E-state index in [-0.39, 0.29) is 24.0 Å². The summed E-state index contributed by atoms with van der Waals surface area (Å²) in [4.78, 5) is 31.1. The first-order chi connectivity index (χ1) is 16.2. The van der Waals surface area contributed by atoms with Gasteiger partial charge in [0.1, 0.15) is 23.2 Å². The summed E-state index contributed by atoms with van der Waals surface area (Å²) in [5, 5.41) is 10.7. The Bertz CT molecular complexity index is 1410. The van der Waals surface area contributed by atoms with Crippen LogP contribution < -0.4 is 11.1 Å². The van der Waals surface area contributed by atoms with Crippen molar-refractivity contribution in [2.75, 3.05) is 5.73 Å². The molecule has 2 aromatic heterocycles. The van der Waals surface area contributed by atoms with Crippen molar-refractivity contribution in [1.82, 2.24) is 19.9 Å². The van der Waals surface area contributed by atoms with Gasteiger partial charge in [0.25, 0.3) is 11.1 Å². The van der Waals surface area contributed by atoms with Gasteiger partial charge in [-0.2, -0.15) is 5.26 Å². The molecule has 0 aliphatic rings. The second-order valence-electron chi connectivity index (χ2n) is 7.34. The molecule has 0 aliphatic heterocycles. The van der Waals surface area contributed by atoms with Gasteiger partial charge >= 0.3 is 0 Å². The molecule has 4 aromatic rings. The number of hydrogen-bond acceptors (Lipinski definition) is 6. The maximum absolute atomic E-state index is 13.3. The first-order valence-electron chi connectivity index (χ1n) is 10.00. The Morgan fingerprint density at radius 2 is 1.91 bits per heavy atom. The number of halogens is 2. The van der Waals surface area contributed by atoms with Crippen LogP contribution in [0, 0.1) is 24.1 Å². The van der Waals surface area contributed by atoms with Gasteiger partial charge in [0.15, 0.2) is 5.69 Å². The second-order valence-corrected chi connectivity index (χ2v) is 7.69. The van der Waals surface area contributed by atoms with Gasteiger partial charge in [0, 0.05) is 25.4 Å². The van der Waals surface area contributed by atoms with Gasteiger partial charge in [-0.05, 0) is 60.0 Å². The molecule has 0 fully saturated rings. The third kappa shape index (κ3) is 5.54. The van der Waals surface area contributed by atoms with E-state index in [9.17, 15) is 14.0 Å². The molecule has 0 saturated heterocycles. The zero-order chi connectivity index (χ0) is 24.8. The van der Waals surface area contributed by atoms with Crippen molar-refractivity contribution in [2.45, 2.75) is 13.5 Å². The fraction of sp³-hybridized carbons (Fsp3) is 0.125. The first-order valence-corrected chi connectivity index (χ1v) is 10.4. The molecule has 8 nitrogen and oxygen atoms in total. The zero-order valence-electron chi connectivity index (χ0n) is 18.3. The number of amides is 1. The minimum Gasteiger partial charge on any atom is -0.396 e. The minimum atomic E-state index is -0.505. The van der Waals surface area contributed by atoms with Crippen LogP contribution in [0.1, 0.15) is 37.5 Å². The standard InChI is InChI=1S/C16H16FN5O.C8H4ClNO/c1-9-5-10(3-4-11(9)17)6-19-16(23)14-15-13(20-8-21-14)12(18)7-22(15)2;9-8(11)7-3-1-6(5-10)2-4-7/h3-5,7-8H,6,18H2,1-2H3,(H,19,23);1-4H. The smallest absolute Gasteiger partial charge is 0.272 e. The highest BCUT2D eigenvalue weighted by Crippen LogP contribution is 2.22. The number of nitriles is 1. The number of anilines is 1. The van der Waals surface area contributed by atoms with Gasteiger partial charge in [-0.15, -0.1) is 0 Å². The number of nitrogens with two attached hydrogens (primary N) is 1. The monoisotopic (exact) mass is 478 g/mol. The van der Waals surface area contributed by atoms with Crippen molar-refractivity contribution in [3.8, 4) is 6.07 Å². The number of rotatable bonds is 4. The summed E-state index contributed by atoms with van der Waals surface area (Å²) in [7, 11) is 1.78. The summed E-state index contributed by atoms with van der Waals surface area (Å²) in [5.74, 6) is -0.600. The van der Waals surface area contributed by atoms with Crippen molar-refractivity contribution in [2.24, 2.45) is 7.05 Å². The van der Waals surface area contributed by atoms with Crippen LogP contribution in [-0.4, -0.2) is 25.7 Å². The quantitative estimate of drug-likeness (QED) is 0.429. The van der Waals surface area contributed by atoms with Gasteiger partial charge in [-0.25, -0.2) is 14.4 Å².